The lowest BCUT2D eigenvalue weighted by molar-refractivity contribution is 1.09. The summed E-state index contributed by atoms with van der Waals surface area (Å²) < 4.78 is 0. The van der Waals surface area contributed by atoms with Gasteiger partial charge >= 0.3 is 0 Å². The van der Waals surface area contributed by atoms with E-state index in [9.17, 15) is 0 Å². The van der Waals surface area contributed by atoms with Crippen LogP contribution in [0.15, 0.2) is 12.4 Å². The second-order valence-corrected chi connectivity index (χ2v) is 1.03. The van der Waals surface area contributed by atoms with Crippen molar-refractivity contribution in [3.8, 4) is 0 Å². The number of aromatic amines is 1. The molecule has 1 heterocycles. The van der Waals surface area contributed by atoms with Crippen LogP contribution in [0.5, 0.6) is 0 Å². The Hall–Kier alpha value is -0.410. The number of hydrogen-bond donors (Lipinski definition) is 2. The number of aromatic nitrogens is 2. The van der Waals surface area contributed by atoms with Crippen molar-refractivity contribution >= 4 is 30.5 Å². The van der Waals surface area contributed by atoms with Crippen molar-refractivity contribution in [3.05, 3.63) is 12.4 Å². The molecule has 0 aliphatic carbocycles. The third-order valence-electron chi connectivity index (χ3n) is 0.519. The highest BCUT2D eigenvalue weighted by molar-refractivity contribution is 5.85. The first kappa shape index (κ1) is 10.5. The Balaban J connectivity index is 0. The summed E-state index contributed by atoms with van der Waals surface area (Å²) in [6.45, 7) is 0. The molecular weight excluding hydrogens is 149 g/mol. The normalized spacial score (nSPS) is 6.50. The van der Waals surface area contributed by atoms with Gasteiger partial charge in [0.15, 0.2) is 0 Å². The van der Waals surface area contributed by atoms with E-state index in [1.165, 1.54) is 0 Å². The van der Waals surface area contributed by atoms with Gasteiger partial charge in [0.25, 0.3) is 0 Å². The molecule has 0 aromatic carbocycles. The van der Waals surface area contributed by atoms with Gasteiger partial charge < -0.3 is 5.73 Å². The van der Waals surface area contributed by atoms with Crippen molar-refractivity contribution < 1.29 is 0 Å². The van der Waals surface area contributed by atoms with Gasteiger partial charge in [0.05, 0.1) is 11.9 Å². The number of nitrogen functional groups attached to an aromatic ring is 1. The fourth-order valence-corrected chi connectivity index (χ4v) is 0.261. The van der Waals surface area contributed by atoms with Gasteiger partial charge in [-0.3, -0.25) is 5.10 Å². The molecule has 5 heteroatoms. The summed E-state index contributed by atoms with van der Waals surface area (Å²) in [6.07, 6.45) is 3.18. The second kappa shape index (κ2) is 4.74. The van der Waals surface area contributed by atoms with E-state index in [4.69, 9.17) is 5.73 Å². The van der Waals surface area contributed by atoms with Crippen molar-refractivity contribution in [2.45, 2.75) is 0 Å². The molecule has 3 nitrogen and oxygen atoms in total. The molecule has 0 spiro atoms. The molecule has 0 unspecified atom stereocenters. The molecule has 0 fully saturated rings. The molecule has 0 aliphatic rings. The highest BCUT2D eigenvalue weighted by atomic mass is 35.5. The molecule has 0 saturated heterocycles. The van der Waals surface area contributed by atoms with Crippen LogP contribution in [-0.4, -0.2) is 10.2 Å². The Bertz CT molecular complexity index is 116. The summed E-state index contributed by atoms with van der Waals surface area (Å²) in [6, 6.07) is 0. The molecule has 0 saturated carbocycles. The zero-order valence-corrected chi connectivity index (χ0v) is 5.63. The number of halogens is 2. The standard InChI is InChI=1S/C3H5N3.2ClH/c4-3-1-5-6-2-3;;/h1-2H,4H2,(H,5,6);2*1H. The molecule has 48 valence electrons. The molecule has 0 aliphatic heterocycles. The summed E-state index contributed by atoms with van der Waals surface area (Å²) in [7, 11) is 0. The summed E-state index contributed by atoms with van der Waals surface area (Å²) in [4.78, 5) is 0. The molecule has 0 bridgehead atoms. The van der Waals surface area contributed by atoms with Gasteiger partial charge in [0.1, 0.15) is 0 Å². The highest BCUT2D eigenvalue weighted by Gasteiger charge is 1.74. The lowest BCUT2D eigenvalue weighted by Crippen LogP contribution is -1.75. The Labute approximate surface area is 59.5 Å². The van der Waals surface area contributed by atoms with E-state index >= 15 is 0 Å². The smallest absolute Gasteiger partial charge is 0.0717 e. The lowest BCUT2D eigenvalue weighted by atomic mass is 10.6. The minimum Gasteiger partial charge on any atom is -0.396 e. The van der Waals surface area contributed by atoms with E-state index < -0.39 is 0 Å². The zero-order valence-electron chi connectivity index (χ0n) is 4.00. The van der Waals surface area contributed by atoms with E-state index in [1.54, 1.807) is 12.4 Å². The number of rotatable bonds is 0. The number of anilines is 1. The fourth-order valence-electron chi connectivity index (χ4n) is 0.261. The van der Waals surface area contributed by atoms with Gasteiger partial charge in [-0.25, -0.2) is 0 Å². The van der Waals surface area contributed by atoms with Crippen molar-refractivity contribution in [2.24, 2.45) is 0 Å². The Morgan fingerprint density at radius 3 is 2.25 bits per heavy atom. The summed E-state index contributed by atoms with van der Waals surface area (Å²) >= 11 is 0. The maximum atomic E-state index is 5.18. The van der Waals surface area contributed by atoms with Crippen LogP contribution in [0, 0.1) is 0 Å². The van der Waals surface area contributed by atoms with E-state index in [2.05, 4.69) is 10.2 Å². The molecular formula is C3H7Cl2N3. The average molecular weight is 156 g/mol. The largest absolute Gasteiger partial charge is 0.396 e. The fraction of sp³-hybridized carbons (Fsp3) is 0. The highest BCUT2D eigenvalue weighted by Crippen LogP contribution is 1.88. The molecule has 0 radical (unpaired) electrons. The lowest BCUT2D eigenvalue weighted by Gasteiger charge is -1.66. The number of H-pyrrole nitrogens is 1. The molecule has 1 rings (SSSR count). The first-order chi connectivity index (χ1) is 2.89. The maximum absolute atomic E-state index is 5.18. The first-order valence-corrected chi connectivity index (χ1v) is 1.64. The quantitative estimate of drug-likeness (QED) is 0.584. The van der Waals surface area contributed by atoms with Crippen LogP contribution in [0.2, 0.25) is 0 Å². The van der Waals surface area contributed by atoms with E-state index in [1.807, 2.05) is 0 Å². The van der Waals surface area contributed by atoms with Crippen molar-refractivity contribution in [3.63, 3.8) is 0 Å². The van der Waals surface area contributed by atoms with Crippen LogP contribution in [0.4, 0.5) is 5.69 Å². The summed E-state index contributed by atoms with van der Waals surface area (Å²) in [5, 5.41) is 6.13. The SMILES string of the molecule is Cl.Cl.Nc1cn[nH]c1. The van der Waals surface area contributed by atoms with E-state index in [0.29, 0.717) is 5.69 Å². The first-order valence-electron chi connectivity index (χ1n) is 1.64. The van der Waals surface area contributed by atoms with Crippen LogP contribution in [0.25, 0.3) is 0 Å². The minimum absolute atomic E-state index is 0. The minimum atomic E-state index is 0. The Morgan fingerprint density at radius 1 is 1.50 bits per heavy atom. The van der Waals surface area contributed by atoms with Gasteiger partial charge in [-0.05, 0) is 0 Å². The van der Waals surface area contributed by atoms with Gasteiger partial charge in [0, 0.05) is 6.20 Å². The number of nitrogens with two attached hydrogens (primary N) is 1. The molecule has 1 aromatic heterocycles. The van der Waals surface area contributed by atoms with Crippen LogP contribution in [-0.2, 0) is 0 Å². The van der Waals surface area contributed by atoms with E-state index in [0.717, 1.165) is 0 Å². The molecule has 8 heavy (non-hydrogen) atoms. The van der Waals surface area contributed by atoms with Crippen LogP contribution < -0.4 is 5.73 Å². The molecule has 0 amide bonds. The Morgan fingerprint density at radius 2 is 2.12 bits per heavy atom. The summed E-state index contributed by atoms with van der Waals surface area (Å²) in [5.41, 5.74) is 5.86. The monoisotopic (exact) mass is 155 g/mol. The molecule has 1 aromatic rings. The second-order valence-electron chi connectivity index (χ2n) is 1.03. The van der Waals surface area contributed by atoms with Gasteiger partial charge in [-0.2, -0.15) is 5.10 Å². The summed E-state index contributed by atoms with van der Waals surface area (Å²) in [5.74, 6) is 0. The van der Waals surface area contributed by atoms with Crippen molar-refractivity contribution in [1.29, 1.82) is 0 Å². The topological polar surface area (TPSA) is 54.7 Å². The van der Waals surface area contributed by atoms with Crippen molar-refractivity contribution in [2.75, 3.05) is 5.73 Å². The van der Waals surface area contributed by atoms with E-state index in [-0.39, 0.29) is 24.8 Å². The van der Waals surface area contributed by atoms with Crippen LogP contribution >= 0.6 is 24.8 Å². The molecule has 0 atom stereocenters. The Kier molecular flexibility index (Phi) is 6.25. The number of hydrogen-bond acceptors (Lipinski definition) is 2. The zero-order chi connectivity index (χ0) is 4.41. The van der Waals surface area contributed by atoms with Crippen LogP contribution in [0.1, 0.15) is 0 Å². The van der Waals surface area contributed by atoms with Crippen molar-refractivity contribution in [1.82, 2.24) is 10.2 Å². The predicted molar refractivity (Wildman–Crippen MR) is 37.5 cm³/mol. The number of nitrogens with one attached hydrogen (secondary N) is 1. The third kappa shape index (κ3) is 2.71. The molecule has 3 N–H and O–H groups in total. The number of nitrogens with zero attached hydrogens (tertiary/aromatic N) is 1. The predicted octanol–water partition coefficient (Wildman–Crippen LogP) is 0.836. The van der Waals surface area contributed by atoms with Gasteiger partial charge in [-0.15, -0.1) is 24.8 Å². The van der Waals surface area contributed by atoms with Gasteiger partial charge in [-0.1, -0.05) is 0 Å². The average Bonchev–Trinajstić information content (AvgIpc) is 1.86. The maximum Gasteiger partial charge on any atom is 0.0717 e. The van der Waals surface area contributed by atoms with Gasteiger partial charge in [0.2, 0.25) is 0 Å². The third-order valence-corrected chi connectivity index (χ3v) is 0.519. The van der Waals surface area contributed by atoms with Crippen LogP contribution in [0.3, 0.4) is 0 Å².